The highest BCUT2D eigenvalue weighted by molar-refractivity contribution is 5.71. The number of esters is 1. The minimum atomic E-state index is -0.491. The fourth-order valence-corrected chi connectivity index (χ4v) is 3.94. The molecule has 0 bridgehead atoms. The zero-order chi connectivity index (χ0) is 17.0. The van der Waals surface area contributed by atoms with Gasteiger partial charge in [-0.3, -0.25) is 4.79 Å². The maximum Gasteiger partial charge on any atom is 0.410 e. The molecule has 1 aliphatic heterocycles. The van der Waals surface area contributed by atoms with Crippen molar-refractivity contribution in [1.29, 1.82) is 0 Å². The lowest BCUT2D eigenvalue weighted by Gasteiger charge is -2.35. The van der Waals surface area contributed by atoms with E-state index in [4.69, 9.17) is 9.47 Å². The second-order valence-electron chi connectivity index (χ2n) is 7.73. The number of carbonyl (C=O) groups is 2. The van der Waals surface area contributed by atoms with Crippen LogP contribution in [-0.2, 0) is 14.3 Å². The molecule has 3 atom stereocenters. The highest BCUT2D eigenvalue weighted by atomic mass is 16.6. The maximum atomic E-state index is 12.7. The molecule has 1 saturated carbocycles. The zero-order valence-corrected chi connectivity index (χ0v) is 15.0. The minimum Gasteiger partial charge on any atom is -0.466 e. The van der Waals surface area contributed by atoms with E-state index in [2.05, 4.69) is 0 Å². The summed E-state index contributed by atoms with van der Waals surface area (Å²) >= 11 is 0. The molecule has 132 valence electrons. The fraction of sp³-hybridized carbons (Fsp3) is 0.889. The number of hydrogen-bond donors (Lipinski definition) is 0. The first-order valence-corrected chi connectivity index (χ1v) is 8.98. The molecule has 0 unspecified atom stereocenters. The summed E-state index contributed by atoms with van der Waals surface area (Å²) in [6, 6.07) is 0.383. The van der Waals surface area contributed by atoms with Gasteiger partial charge in [-0.15, -0.1) is 0 Å². The Hall–Kier alpha value is -1.26. The topological polar surface area (TPSA) is 55.8 Å². The molecule has 0 aromatic rings. The Morgan fingerprint density at radius 1 is 1.17 bits per heavy atom. The summed E-state index contributed by atoms with van der Waals surface area (Å²) in [4.78, 5) is 26.3. The van der Waals surface area contributed by atoms with Crippen molar-refractivity contribution in [3.8, 4) is 0 Å². The Kier molecular flexibility index (Phi) is 5.93. The van der Waals surface area contributed by atoms with Gasteiger partial charge in [0.15, 0.2) is 0 Å². The quantitative estimate of drug-likeness (QED) is 0.736. The molecule has 0 N–H and O–H groups in total. The minimum absolute atomic E-state index is 0.0994. The second kappa shape index (κ2) is 7.54. The summed E-state index contributed by atoms with van der Waals surface area (Å²) in [7, 11) is 0. The molecular formula is C18H31NO4. The third-order valence-electron chi connectivity index (χ3n) is 4.79. The van der Waals surface area contributed by atoms with Gasteiger partial charge in [0.2, 0.25) is 0 Å². The molecule has 0 spiro atoms. The highest BCUT2D eigenvalue weighted by Gasteiger charge is 2.45. The summed E-state index contributed by atoms with van der Waals surface area (Å²) in [5.41, 5.74) is -0.491. The predicted octanol–water partition coefficient (Wildman–Crippen LogP) is 3.90. The molecule has 23 heavy (non-hydrogen) atoms. The Morgan fingerprint density at radius 2 is 1.87 bits per heavy atom. The van der Waals surface area contributed by atoms with Crippen LogP contribution in [0.5, 0.6) is 0 Å². The van der Waals surface area contributed by atoms with E-state index < -0.39 is 5.60 Å². The van der Waals surface area contributed by atoms with Gasteiger partial charge in [0, 0.05) is 18.5 Å². The van der Waals surface area contributed by atoms with Crippen LogP contribution in [0, 0.1) is 5.92 Å². The lowest BCUT2D eigenvalue weighted by molar-refractivity contribution is -0.143. The molecule has 5 heteroatoms. The number of hydrogen-bond acceptors (Lipinski definition) is 4. The van der Waals surface area contributed by atoms with Crippen molar-refractivity contribution >= 4 is 12.1 Å². The Balaban J connectivity index is 2.04. The molecule has 0 aromatic heterocycles. The van der Waals surface area contributed by atoms with Crippen LogP contribution < -0.4 is 0 Å². The highest BCUT2D eigenvalue weighted by Crippen LogP contribution is 2.41. The standard InChI is InChI=1S/C18H31NO4/c1-5-22-16(20)11-10-14-12-13-8-6-7-9-15(13)19(14)17(21)23-18(2,3)4/h13-15H,5-12H2,1-4H3/t13-,14+,15-/m0/s1. The summed E-state index contributed by atoms with van der Waals surface area (Å²) < 4.78 is 10.6. The van der Waals surface area contributed by atoms with Gasteiger partial charge >= 0.3 is 12.1 Å². The molecule has 1 amide bonds. The third-order valence-corrected chi connectivity index (χ3v) is 4.79. The van der Waals surface area contributed by atoms with Crippen LogP contribution in [0.1, 0.15) is 72.6 Å². The lowest BCUT2D eigenvalue weighted by Crippen LogP contribution is -2.46. The van der Waals surface area contributed by atoms with Crippen LogP contribution in [0.4, 0.5) is 4.79 Å². The van der Waals surface area contributed by atoms with E-state index in [0.717, 1.165) is 12.8 Å². The molecule has 5 nitrogen and oxygen atoms in total. The van der Waals surface area contributed by atoms with Crippen LogP contribution in [0.3, 0.4) is 0 Å². The molecule has 2 aliphatic rings. The van der Waals surface area contributed by atoms with Gasteiger partial charge in [-0.25, -0.2) is 4.79 Å². The number of nitrogens with zero attached hydrogens (tertiary/aromatic N) is 1. The van der Waals surface area contributed by atoms with Gasteiger partial charge < -0.3 is 14.4 Å². The Bertz CT molecular complexity index is 429. The Labute approximate surface area is 139 Å². The monoisotopic (exact) mass is 325 g/mol. The van der Waals surface area contributed by atoms with Crippen LogP contribution in [-0.4, -0.2) is 41.3 Å². The van der Waals surface area contributed by atoms with E-state index in [1.165, 1.54) is 19.3 Å². The van der Waals surface area contributed by atoms with Crippen molar-refractivity contribution in [3.05, 3.63) is 0 Å². The van der Waals surface area contributed by atoms with Gasteiger partial charge in [0.25, 0.3) is 0 Å². The van der Waals surface area contributed by atoms with Crippen molar-refractivity contribution in [1.82, 2.24) is 4.90 Å². The normalized spacial score (nSPS) is 27.5. The summed E-state index contributed by atoms with van der Waals surface area (Å²) in [6.07, 6.45) is 6.46. The first-order valence-electron chi connectivity index (χ1n) is 8.98. The third kappa shape index (κ3) is 4.85. The van der Waals surface area contributed by atoms with E-state index in [-0.39, 0.29) is 24.1 Å². The predicted molar refractivity (Wildman–Crippen MR) is 88.1 cm³/mol. The van der Waals surface area contributed by atoms with Gasteiger partial charge in [-0.1, -0.05) is 12.8 Å². The first-order chi connectivity index (χ1) is 10.8. The zero-order valence-electron chi connectivity index (χ0n) is 15.0. The lowest BCUT2D eigenvalue weighted by atomic mass is 9.84. The molecule has 2 rings (SSSR count). The summed E-state index contributed by atoms with van der Waals surface area (Å²) in [5.74, 6) is 0.384. The van der Waals surface area contributed by atoms with E-state index in [1.54, 1.807) is 0 Å². The van der Waals surface area contributed by atoms with E-state index in [1.807, 2.05) is 32.6 Å². The number of ether oxygens (including phenoxy) is 2. The van der Waals surface area contributed by atoms with Gasteiger partial charge in [0.1, 0.15) is 5.60 Å². The average Bonchev–Trinajstić information content (AvgIpc) is 2.82. The molecule has 2 fully saturated rings. The molecule has 1 heterocycles. The fourth-order valence-electron chi connectivity index (χ4n) is 3.94. The number of likely N-dealkylation sites (tertiary alicyclic amines) is 1. The van der Waals surface area contributed by atoms with Crippen molar-refractivity contribution in [2.45, 2.75) is 90.3 Å². The molecule has 1 saturated heterocycles. The maximum absolute atomic E-state index is 12.7. The summed E-state index contributed by atoms with van der Waals surface area (Å²) in [5, 5.41) is 0. The van der Waals surface area contributed by atoms with Crippen LogP contribution in [0.25, 0.3) is 0 Å². The Morgan fingerprint density at radius 3 is 2.52 bits per heavy atom. The van der Waals surface area contributed by atoms with Crippen LogP contribution in [0.2, 0.25) is 0 Å². The van der Waals surface area contributed by atoms with Crippen molar-refractivity contribution in [2.75, 3.05) is 6.61 Å². The van der Waals surface area contributed by atoms with E-state index >= 15 is 0 Å². The SMILES string of the molecule is CCOC(=O)CC[C@@H]1C[C@@H]2CCCC[C@@H]2N1C(=O)OC(C)(C)C. The number of amides is 1. The van der Waals surface area contributed by atoms with E-state index in [9.17, 15) is 9.59 Å². The number of fused-ring (bicyclic) bond motifs is 1. The second-order valence-corrected chi connectivity index (χ2v) is 7.73. The first kappa shape index (κ1) is 18.1. The van der Waals surface area contributed by atoms with Gasteiger partial charge in [-0.05, 0) is 59.3 Å². The molecule has 0 radical (unpaired) electrons. The van der Waals surface area contributed by atoms with Gasteiger partial charge in [-0.2, -0.15) is 0 Å². The van der Waals surface area contributed by atoms with Crippen LogP contribution in [0.15, 0.2) is 0 Å². The van der Waals surface area contributed by atoms with Crippen molar-refractivity contribution in [2.24, 2.45) is 5.92 Å². The average molecular weight is 325 g/mol. The largest absolute Gasteiger partial charge is 0.466 e. The van der Waals surface area contributed by atoms with Crippen LogP contribution >= 0.6 is 0 Å². The van der Waals surface area contributed by atoms with E-state index in [0.29, 0.717) is 25.4 Å². The summed E-state index contributed by atoms with van der Waals surface area (Å²) in [6.45, 7) is 7.91. The molecule has 1 aliphatic carbocycles. The van der Waals surface area contributed by atoms with Crippen molar-refractivity contribution < 1.29 is 19.1 Å². The number of carbonyl (C=O) groups excluding carboxylic acids is 2. The smallest absolute Gasteiger partial charge is 0.410 e. The number of rotatable bonds is 4. The molecule has 0 aromatic carbocycles. The van der Waals surface area contributed by atoms with Crippen molar-refractivity contribution in [3.63, 3.8) is 0 Å². The molecular weight excluding hydrogens is 294 g/mol. The van der Waals surface area contributed by atoms with Gasteiger partial charge in [0.05, 0.1) is 6.61 Å².